The van der Waals surface area contributed by atoms with Gasteiger partial charge in [-0.25, -0.2) is 9.93 Å². The summed E-state index contributed by atoms with van der Waals surface area (Å²) in [5, 5.41) is 15.2. The van der Waals surface area contributed by atoms with Crippen LogP contribution in [0, 0.1) is 0 Å². The molecule has 5 heavy (non-hydrogen) atoms. The Morgan fingerprint density at radius 1 is 1.80 bits per heavy atom. The standard InChI is InChI=1S/CH5O3P/c2-1-5-4-3/h2-3,5H,1H2. The van der Waals surface area contributed by atoms with Gasteiger partial charge >= 0.3 is 0 Å². The Hall–Kier alpha value is 0.310. The average Bonchev–Trinajstić information content (AvgIpc) is 1.41. The van der Waals surface area contributed by atoms with Crippen LogP contribution in [0.1, 0.15) is 0 Å². The molecule has 0 aromatic rings. The van der Waals surface area contributed by atoms with Gasteiger partial charge in [0.05, 0.1) is 15.2 Å². The first-order chi connectivity index (χ1) is 2.41. The van der Waals surface area contributed by atoms with Gasteiger partial charge in [-0.3, -0.25) is 0 Å². The van der Waals surface area contributed by atoms with Gasteiger partial charge in [-0.15, -0.1) is 0 Å². The third-order valence-electron chi connectivity index (χ3n) is 0.129. The van der Waals surface area contributed by atoms with Gasteiger partial charge in [0, 0.05) is 0 Å². The number of hydrogen-bond donors (Lipinski definition) is 2. The van der Waals surface area contributed by atoms with Crippen LogP contribution in [-0.2, 0) is 4.67 Å². The minimum Gasteiger partial charge on any atom is -0.390 e. The summed E-state index contributed by atoms with van der Waals surface area (Å²) in [6.45, 7) is 0. The topological polar surface area (TPSA) is 49.7 Å². The molecule has 0 rings (SSSR count). The summed E-state index contributed by atoms with van der Waals surface area (Å²) >= 11 is 0. The second-order valence-corrected chi connectivity index (χ2v) is 1.18. The van der Waals surface area contributed by atoms with Gasteiger partial charge in [-0.05, 0) is 0 Å². The zero-order valence-corrected chi connectivity index (χ0v) is 3.51. The molecular formula is CH5O3P. The lowest BCUT2D eigenvalue weighted by Gasteiger charge is -1.81. The van der Waals surface area contributed by atoms with Crippen molar-refractivity contribution in [3.8, 4) is 0 Å². The van der Waals surface area contributed by atoms with Crippen molar-refractivity contribution < 1.29 is 15.0 Å². The van der Waals surface area contributed by atoms with Crippen LogP contribution in [-0.4, -0.2) is 16.7 Å². The molecule has 0 spiro atoms. The van der Waals surface area contributed by atoms with E-state index in [4.69, 9.17) is 10.4 Å². The Kier molecular flexibility index (Phi) is 4.58. The fourth-order valence-corrected chi connectivity index (χ4v) is 0.0866. The highest BCUT2D eigenvalue weighted by Gasteiger charge is 1.69. The molecule has 0 bridgehead atoms. The highest BCUT2D eigenvalue weighted by atomic mass is 31.1. The molecule has 0 aliphatic rings. The van der Waals surface area contributed by atoms with E-state index in [0.717, 1.165) is 0 Å². The molecule has 0 fully saturated rings. The first-order valence-corrected chi connectivity index (χ1v) is 2.17. The minimum atomic E-state index is -0.191. The minimum absolute atomic E-state index is 0.101. The SMILES string of the molecule is OCPOO. The monoisotopic (exact) mass is 96.0 g/mol. The van der Waals surface area contributed by atoms with Crippen LogP contribution in [0.5, 0.6) is 0 Å². The summed E-state index contributed by atoms with van der Waals surface area (Å²) in [5.41, 5.74) is 0. The first-order valence-electron chi connectivity index (χ1n) is 1.06. The number of rotatable bonds is 2. The molecule has 0 aliphatic carbocycles. The third-order valence-corrected chi connectivity index (χ3v) is 0.387. The molecule has 0 radical (unpaired) electrons. The molecule has 0 heterocycles. The van der Waals surface area contributed by atoms with E-state index >= 15 is 0 Å². The van der Waals surface area contributed by atoms with Crippen LogP contribution in [0.15, 0.2) is 0 Å². The molecule has 0 amide bonds. The van der Waals surface area contributed by atoms with E-state index in [1.54, 1.807) is 0 Å². The smallest absolute Gasteiger partial charge is 0.0875 e. The quantitative estimate of drug-likeness (QED) is 0.289. The Balaban J connectivity index is 2.19. The van der Waals surface area contributed by atoms with Crippen LogP contribution >= 0.6 is 8.81 Å². The Morgan fingerprint density at radius 2 is 2.40 bits per heavy atom. The van der Waals surface area contributed by atoms with E-state index in [0.29, 0.717) is 0 Å². The summed E-state index contributed by atoms with van der Waals surface area (Å²) < 4.78 is 3.47. The highest BCUT2D eigenvalue weighted by Crippen LogP contribution is 2.02. The van der Waals surface area contributed by atoms with Crippen molar-refractivity contribution in [2.24, 2.45) is 0 Å². The van der Waals surface area contributed by atoms with Gasteiger partial charge in [-0.2, -0.15) is 0 Å². The lowest BCUT2D eigenvalue weighted by atomic mass is 11.7. The van der Waals surface area contributed by atoms with E-state index in [-0.39, 0.29) is 15.2 Å². The lowest BCUT2D eigenvalue weighted by molar-refractivity contribution is -0.124. The van der Waals surface area contributed by atoms with Crippen LogP contribution in [0.3, 0.4) is 0 Å². The van der Waals surface area contributed by atoms with Gasteiger partial charge < -0.3 is 5.11 Å². The zero-order chi connectivity index (χ0) is 4.12. The van der Waals surface area contributed by atoms with Crippen molar-refractivity contribution in [1.29, 1.82) is 0 Å². The Morgan fingerprint density at radius 3 is 2.40 bits per heavy atom. The van der Waals surface area contributed by atoms with E-state index in [2.05, 4.69) is 4.67 Å². The maximum atomic E-state index is 7.79. The molecule has 4 heteroatoms. The predicted molar refractivity (Wildman–Crippen MR) is 19.1 cm³/mol. The molecular weight excluding hydrogens is 91.0 g/mol. The largest absolute Gasteiger partial charge is 0.390 e. The second kappa shape index (κ2) is 4.31. The molecule has 0 aromatic heterocycles. The van der Waals surface area contributed by atoms with Crippen molar-refractivity contribution in [1.82, 2.24) is 0 Å². The predicted octanol–water partition coefficient (Wildman–Crippen LogP) is 0.0193. The molecule has 32 valence electrons. The summed E-state index contributed by atoms with van der Waals surface area (Å²) in [5.74, 6) is 0. The molecule has 0 saturated carbocycles. The van der Waals surface area contributed by atoms with Gasteiger partial charge in [0.1, 0.15) is 0 Å². The fourth-order valence-electron chi connectivity index (χ4n) is 0.0289. The molecule has 1 unspecified atom stereocenters. The number of aliphatic hydroxyl groups is 1. The summed E-state index contributed by atoms with van der Waals surface area (Å²) in [6, 6.07) is 0. The van der Waals surface area contributed by atoms with Crippen LogP contribution in [0.4, 0.5) is 0 Å². The summed E-state index contributed by atoms with van der Waals surface area (Å²) in [6.07, 6.45) is -0.101. The Bertz CT molecular complexity index is 14.4. The molecule has 3 nitrogen and oxygen atoms in total. The van der Waals surface area contributed by atoms with Gasteiger partial charge in [0.15, 0.2) is 0 Å². The summed E-state index contributed by atoms with van der Waals surface area (Å²) in [7, 11) is -0.191. The molecule has 0 saturated heterocycles. The van der Waals surface area contributed by atoms with Gasteiger partial charge in [0.25, 0.3) is 0 Å². The average molecular weight is 96.0 g/mol. The maximum absolute atomic E-state index is 7.79. The molecule has 2 N–H and O–H groups in total. The van der Waals surface area contributed by atoms with E-state index in [1.165, 1.54) is 0 Å². The third kappa shape index (κ3) is 4.31. The normalized spacial score (nSPS) is 10.8. The second-order valence-electron chi connectivity index (χ2n) is 0.394. The Labute approximate surface area is 31.4 Å². The van der Waals surface area contributed by atoms with Crippen LogP contribution < -0.4 is 0 Å². The van der Waals surface area contributed by atoms with Crippen LogP contribution in [0.25, 0.3) is 0 Å². The van der Waals surface area contributed by atoms with Crippen molar-refractivity contribution in [3.05, 3.63) is 0 Å². The highest BCUT2D eigenvalue weighted by molar-refractivity contribution is 7.31. The maximum Gasteiger partial charge on any atom is 0.0875 e. The van der Waals surface area contributed by atoms with Crippen molar-refractivity contribution >= 4 is 8.81 Å². The van der Waals surface area contributed by atoms with Crippen molar-refractivity contribution in [2.45, 2.75) is 0 Å². The molecule has 1 atom stereocenters. The number of aliphatic hydroxyl groups excluding tert-OH is 1. The molecule has 0 aliphatic heterocycles. The van der Waals surface area contributed by atoms with E-state index in [1.807, 2.05) is 0 Å². The first kappa shape index (κ1) is 5.31. The fraction of sp³-hybridized carbons (Fsp3) is 1.00. The van der Waals surface area contributed by atoms with Gasteiger partial charge in [-0.1, -0.05) is 0 Å². The van der Waals surface area contributed by atoms with Gasteiger partial charge in [0.2, 0.25) is 0 Å². The zero-order valence-electron chi connectivity index (χ0n) is 2.51. The van der Waals surface area contributed by atoms with Crippen molar-refractivity contribution in [2.75, 3.05) is 6.35 Å². The molecule has 0 aromatic carbocycles. The lowest BCUT2D eigenvalue weighted by Crippen LogP contribution is -1.66. The van der Waals surface area contributed by atoms with E-state index in [9.17, 15) is 0 Å². The van der Waals surface area contributed by atoms with E-state index < -0.39 is 0 Å². The number of hydrogen-bond acceptors (Lipinski definition) is 3. The van der Waals surface area contributed by atoms with Crippen LogP contribution in [0.2, 0.25) is 0 Å². The van der Waals surface area contributed by atoms with Crippen molar-refractivity contribution in [3.63, 3.8) is 0 Å². The summed E-state index contributed by atoms with van der Waals surface area (Å²) in [4.78, 5) is 0.